The van der Waals surface area contributed by atoms with Crippen molar-refractivity contribution in [3.63, 3.8) is 0 Å². The smallest absolute Gasteiger partial charge is 0.0991 e. The van der Waals surface area contributed by atoms with Crippen LogP contribution in [0.15, 0.2) is 43.0 Å². The summed E-state index contributed by atoms with van der Waals surface area (Å²) in [6.45, 7) is 5.74. The average Bonchev–Trinajstić information content (AvgIpc) is 3.04. The molecule has 0 radical (unpaired) electrons. The highest BCUT2D eigenvalue weighted by molar-refractivity contribution is 5.34. The van der Waals surface area contributed by atoms with E-state index in [0.717, 1.165) is 24.1 Å². The van der Waals surface area contributed by atoms with Crippen molar-refractivity contribution in [1.82, 2.24) is 14.9 Å². The largest absolute Gasteiger partial charge is 0.310 e. The number of rotatable bonds is 4. The molecule has 0 aliphatic heterocycles. The number of hydrogen-bond donors (Lipinski definition) is 1. The summed E-state index contributed by atoms with van der Waals surface area (Å²) in [5.74, 6) is 1.63. The van der Waals surface area contributed by atoms with E-state index < -0.39 is 0 Å². The Hall–Kier alpha value is -1.61. The Morgan fingerprint density at radius 1 is 1.19 bits per heavy atom. The standard InChI is InChI=1S/C18H25N3/c1-14-4-3-5-18(15(14)2)20-12-16-6-8-17(9-7-16)21-11-10-19-13-21/h6-11,13-15,18,20H,3-5,12H2,1-2H3. The van der Waals surface area contributed by atoms with Crippen molar-refractivity contribution in [3.8, 4) is 5.69 Å². The van der Waals surface area contributed by atoms with Gasteiger partial charge in [0.15, 0.2) is 0 Å². The van der Waals surface area contributed by atoms with Crippen LogP contribution in [0.3, 0.4) is 0 Å². The van der Waals surface area contributed by atoms with E-state index in [2.05, 4.69) is 48.4 Å². The van der Waals surface area contributed by atoms with Gasteiger partial charge in [0.1, 0.15) is 0 Å². The van der Waals surface area contributed by atoms with Crippen LogP contribution in [0.4, 0.5) is 0 Å². The van der Waals surface area contributed by atoms with E-state index in [4.69, 9.17) is 0 Å². The Morgan fingerprint density at radius 3 is 2.71 bits per heavy atom. The number of benzene rings is 1. The van der Waals surface area contributed by atoms with E-state index in [0.29, 0.717) is 6.04 Å². The Morgan fingerprint density at radius 2 is 2.00 bits per heavy atom. The molecule has 0 bridgehead atoms. The van der Waals surface area contributed by atoms with E-state index in [1.165, 1.54) is 24.8 Å². The first kappa shape index (κ1) is 14.3. The van der Waals surface area contributed by atoms with Crippen molar-refractivity contribution in [2.45, 2.75) is 45.7 Å². The average molecular weight is 283 g/mol. The molecular formula is C18H25N3. The SMILES string of the molecule is CC1CCCC(NCc2ccc(-n3ccnc3)cc2)C1C. The fraction of sp³-hybridized carbons (Fsp3) is 0.500. The Kier molecular flexibility index (Phi) is 4.39. The van der Waals surface area contributed by atoms with E-state index in [-0.39, 0.29) is 0 Å². The minimum absolute atomic E-state index is 0.669. The van der Waals surface area contributed by atoms with Gasteiger partial charge in [-0.05, 0) is 36.0 Å². The van der Waals surface area contributed by atoms with Crippen LogP contribution in [0.25, 0.3) is 5.69 Å². The third-order valence-corrected chi connectivity index (χ3v) is 5.01. The lowest BCUT2D eigenvalue weighted by atomic mass is 9.78. The molecule has 1 aromatic carbocycles. The Labute approximate surface area is 127 Å². The summed E-state index contributed by atoms with van der Waals surface area (Å²) < 4.78 is 2.03. The van der Waals surface area contributed by atoms with Gasteiger partial charge in [0, 0.05) is 30.7 Å². The topological polar surface area (TPSA) is 29.9 Å². The van der Waals surface area contributed by atoms with Crippen molar-refractivity contribution in [1.29, 1.82) is 0 Å². The third-order valence-electron chi connectivity index (χ3n) is 5.01. The van der Waals surface area contributed by atoms with E-state index >= 15 is 0 Å². The first-order valence-corrected chi connectivity index (χ1v) is 8.04. The molecule has 1 aliphatic rings. The van der Waals surface area contributed by atoms with Gasteiger partial charge in [0.25, 0.3) is 0 Å². The van der Waals surface area contributed by atoms with Crippen LogP contribution in [0.2, 0.25) is 0 Å². The highest BCUT2D eigenvalue weighted by atomic mass is 15.0. The molecule has 1 heterocycles. The van der Waals surface area contributed by atoms with Gasteiger partial charge in [0.05, 0.1) is 6.33 Å². The maximum Gasteiger partial charge on any atom is 0.0991 e. The van der Waals surface area contributed by atoms with E-state index in [1.807, 2.05) is 17.1 Å². The molecule has 1 N–H and O–H groups in total. The monoisotopic (exact) mass is 283 g/mol. The maximum atomic E-state index is 4.08. The van der Waals surface area contributed by atoms with Gasteiger partial charge >= 0.3 is 0 Å². The zero-order valence-electron chi connectivity index (χ0n) is 13.0. The minimum Gasteiger partial charge on any atom is -0.310 e. The summed E-state index contributed by atoms with van der Waals surface area (Å²) in [6.07, 6.45) is 9.68. The number of nitrogens with zero attached hydrogens (tertiary/aromatic N) is 2. The molecular weight excluding hydrogens is 258 g/mol. The predicted molar refractivity (Wildman–Crippen MR) is 86.4 cm³/mol. The minimum atomic E-state index is 0.669. The molecule has 2 aromatic rings. The molecule has 0 amide bonds. The molecule has 3 heteroatoms. The van der Waals surface area contributed by atoms with Crippen LogP contribution in [0.1, 0.15) is 38.7 Å². The first-order valence-electron chi connectivity index (χ1n) is 8.04. The maximum absolute atomic E-state index is 4.08. The van der Waals surface area contributed by atoms with Crippen LogP contribution >= 0.6 is 0 Å². The summed E-state index contributed by atoms with van der Waals surface area (Å²) in [6, 6.07) is 9.40. The van der Waals surface area contributed by atoms with Crippen molar-refractivity contribution in [2.75, 3.05) is 0 Å². The molecule has 1 saturated carbocycles. The molecule has 112 valence electrons. The zero-order valence-corrected chi connectivity index (χ0v) is 13.0. The van der Waals surface area contributed by atoms with Gasteiger partial charge in [0.2, 0.25) is 0 Å². The number of nitrogens with one attached hydrogen (secondary N) is 1. The number of imidazole rings is 1. The van der Waals surface area contributed by atoms with Crippen molar-refractivity contribution in [2.24, 2.45) is 11.8 Å². The van der Waals surface area contributed by atoms with Crippen LogP contribution in [0, 0.1) is 11.8 Å². The normalized spacial score (nSPS) is 25.9. The molecule has 0 spiro atoms. The van der Waals surface area contributed by atoms with E-state index in [1.54, 1.807) is 6.20 Å². The first-order chi connectivity index (χ1) is 10.2. The molecule has 3 nitrogen and oxygen atoms in total. The summed E-state index contributed by atoms with van der Waals surface area (Å²) in [5.41, 5.74) is 2.51. The molecule has 1 fully saturated rings. The summed E-state index contributed by atoms with van der Waals surface area (Å²) in [5, 5.41) is 3.75. The predicted octanol–water partition coefficient (Wildman–Crippen LogP) is 3.79. The van der Waals surface area contributed by atoms with Crippen LogP contribution in [-0.4, -0.2) is 15.6 Å². The number of hydrogen-bond acceptors (Lipinski definition) is 2. The summed E-state index contributed by atoms with van der Waals surface area (Å²) in [4.78, 5) is 4.08. The van der Waals surface area contributed by atoms with Gasteiger partial charge in [-0.1, -0.05) is 38.8 Å². The molecule has 21 heavy (non-hydrogen) atoms. The zero-order chi connectivity index (χ0) is 14.7. The van der Waals surface area contributed by atoms with Gasteiger partial charge in [-0.3, -0.25) is 0 Å². The molecule has 0 saturated heterocycles. The van der Waals surface area contributed by atoms with Crippen LogP contribution in [0.5, 0.6) is 0 Å². The number of aromatic nitrogens is 2. The Bertz CT molecular complexity index is 544. The highest BCUT2D eigenvalue weighted by Crippen LogP contribution is 2.29. The van der Waals surface area contributed by atoms with Gasteiger partial charge in [-0.15, -0.1) is 0 Å². The summed E-state index contributed by atoms with van der Waals surface area (Å²) in [7, 11) is 0. The highest BCUT2D eigenvalue weighted by Gasteiger charge is 2.26. The van der Waals surface area contributed by atoms with Gasteiger partial charge in [-0.25, -0.2) is 4.98 Å². The van der Waals surface area contributed by atoms with Crippen LogP contribution < -0.4 is 5.32 Å². The molecule has 3 unspecified atom stereocenters. The second kappa shape index (κ2) is 6.44. The second-order valence-electron chi connectivity index (χ2n) is 6.39. The Balaban J connectivity index is 1.58. The molecule has 1 aliphatic carbocycles. The quantitative estimate of drug-likeness (QED) is 0.925. The molecule has 3 atom stereocenters. The third kappa shape index (κ3) is 3.35. The van der Waals surface area contributed by atoms with Crippen molar-refractivity contribution >= 4 is 0 Å². The van der Waals surface area contributed by atoms with Crippen molar-refractivity contribution < 1.29 is 0 Å². The molecule has 1 aromatic heterocycles. The summed E-state index contributed by atoms with van der Waals surface area (Å²) >= 11 is 0. The second-order valence-corrected chi connectivity index (χ2v) is 6.39. The lowest BCUT2D eigenvalue weighted by Gasteiger charge is -2.34. The molecule has 3 rings (SSSR count). The van der Waals surface area contributed by atoms with Crippen LogP contribution in [-0.2, 0) is 6.54 Å². The van der Waals surface area contributed by atoms with E-state index in [9.17, 15) is 0 Å². The fourth-order valence-electron chi connectivity index (χ4n) is 3.32. The fourth-order valence-corrected chi connectivity index (χ4v) is 3.32. The lowest BCUT2D eigenvalue weighted by Crippen LogP contribution is -2.40. The van der Waals surface area contributed by atoms with Gasteiger partial charge in [-0.2, -0.15) is 0 Å². The lowest BCUT2D eigenvalue weighted by molar-refractivity contribution is 0.206. The van der Waals surface area contributed by atoms with Crippen molar-refractivity contribution in [3.05, 3.63) is 48.5 Å². The van der Waals surface area contributed by atoms with Gasteiger partial charge < -0.3 is 9.88 Å².